The number of aliphatic hydroxyl groups excluding tert-OH is 1. The van der Waals surface area contributed by atoms with E-state index in [1.807, 2.05) is 13.8 Å². The molecule has 4 atom stereocenters. The Morgan fingerprint density at radius 1 is 1.11 bits per heavy atom. The van der Waals surface area contributed by atoms with Crippen LogP contribution >= 0.6 is 0 Å². The number of aliphatic hydroxyl groups is 1. The lowest BCUT2D eigenvalue weighted by atomic mass is 9.88. The van der Waals surface area contributed by atoms with Crippen LogP contribution in [0.5, 0.6) is 0 Å². The molecule has 0 aliphatic heterocycles. The van der Waals surface area contributed by atoms with Gasteiger partial charge in [0.2, 0.25) is 0 Å². The molecule has 0 radical (unpaired) electrons. The molecule has 0 aliphatic carbocycles. The molecule has 0 heterocycles. The molecule has 158 valence electrons. The van der Waals surface area contributed by atoms with E-state index in [1.54, 1.807) is 30.3 Å². The maximum Gasteiger partial charge on any atom is 0.316 e. The summed E-state index contributed by atoms with van der Waals surface area (Å²) in [5.41, 5.74) is 9.82. The Kier molecular flexibility index (Phi) is 9.18. The zero-order valence-corrected chi connectivity index (χ0v) is 16.7. The highest BCUT2D eigenvalue weighted by molar-refractivity contribution is 7.86. The van der Waals surface area contributed by atoms with Gasteiger partial charge in [0.05, 0.1) is 6.04 Å². The van der Waals surface area contributed by atoms with Crippen LogP contribution in [0.3, 0.4) is 0 Å². The molecular formula is C18H28N2O7S. The van der Waals surface area contributed by atoms with E-state index in [-0.39, 0.29) is 12.5 Å². The summed E-state index contributed by atoms with van der Waals surface area (Å²) in [7, 11) is -4.86. The van der Waals surface area contributed by atoms with Crippen molar-refractivity contribution in [3.8, 4) is 0 Å². The van der Waals surface area contributed by atoms with E-state index in [1.165, 1.54) is 0 Å². The van der Waals surface area contributed by atoms with Crippen molar-refractivity contribution in [1.82, 2.24) is 0 Å². The molecule has 0 amide bonds. The molecule has 0 saturated heterocycles. The molecule has 1 rings (SSSR count). The smallest absolute Gasteiger partial charge is 0.316 e. The minimum Gasteiger partial charge on any atom is -0.460 e. The molecule has 1 aromatic carbocycles. The second kappa shape index (κ2) is 10.6. The maximum absolute atomic E-state index is 12.7. The van der Waals surface area contributed by atoms with Crippen molar-refractivity contribution in [2.45, 2.75) is 50.8 Å². The third-order valence-corrected chi connectivity index (χ3v) is 5.08. The van der Waals surface area contributed by atoms with Gasteiger partial charge in [0.25, 0.3) is 10.1 Å². The summed E-state index contributed by atoms with van der Waals surface area (Å²) in [6.45, 7) is 3.60. The first kappa shape index (κ1) is 24.2. The minimum absolute atomic E-state index is 0.0806. The largest absolute Gasteiger partial charge is 0.460 e. The Bertz CT molecular complexity index is 752. The van der Waals surface area contributed by atoms with Gasteiger partial charge in [0.15, 0.2) is 11.2 Å². The van der Waals surface area contributed by atoms with E-state index < -0.39 is 51.7 Å². The molecule has 0 fully saturated rings. The number of benzene rings is 1. The zero-order chi connectivity index (χ0) is 21.5. The topological polar surface area (TPSA) is 170 Å². The molecule has 9 nitrogen and oxygen atoms in total. The lowest BCUT2D eigenvalue weighted by Crippen LogP contribution is -2.47. The van der Waals surface area contributed by atoms with Crippen molar-refractivity contribution in [1.29, 1.82) is 0 Å². The van der Waals surface area contributed by atoms with Gasteiger partial charge in [-0.15, -0.1) is 0 Å². The van der Waals surface area contributed by atoms with E-state index in [4.69, 9.17) is 20.8 Å². The van der Waals surface area contributed by atoms with Crippen molar-refractivity contribution >= 4 is 21.9 Å². The SMILES string of the molecule is CC(C)C[C@@H](N)C(=O)C(CC(N)C(O)S(=O)(=O)O)C(=O)OCc1ccccc1. The van der Waals surface area contributed by atoms with Crippen molar-refractivity contribution < 1.29 is 32.4 Å². The first-order valence-electron chi connectivity index (χ1n) is 8.83. The van der Waals surface area contributed by atoms with Crippen LogP contribution in [0.15, 0.2) is 30.3 Å². The van der Waals surface area contributed by atoms with Gasteiger partial charge in [-0.1, -0.05) is 44.2 Å². The Hall–Kier alpha value is -1.85. The lowest BCUT2D eigenvalue weighted by molar-refractivity contribution is -0.154. The van der Waals surface area contributed by atoms with E-state index in [0.29, 0.717) is 12.0 Å². The second-order valence-electron chi connectivity index (χ2n) is 7.09. The van der Waals surface area contributed by atoms with Gasteiger partial charge < -0.3 is 21.3 Å². The molecule has 0 aliphatic rings. The zero-order valence-electron chi connectivity index (χ0n) is 15.9. The van der Waals surface area contributed by atoms with Crippen LogP contribution in [-0.4, -0.2) is 47.3 Å². The van der Waals surface area contributed by atoms with E-state index in [9.17, 15) is 23.1 Å². The molecule has 3 unspecified atom stereocenters. The molecule has 10 heteroatoms. The normalized spacial score (nSPS) is 16.2. The average Bonchev–Trinajstić information content (AvgIpc) is 2.62. The number of nitrogens with two attached hydrogens (primary N) is 2. The number of hydrogen-bond acceptors (Lipinski definition) is 8. The molecule has 0 spiro atoms. The van der Waals surface area contributed by atoms with Crippen LogP contribution in [0.25, 0.3) is 0 Å². The molecule has 0 bridgehead atoms. The van der Waals surface area contributed by atoms with E-state index >= 15 is 0 Å². The van der Waals surface area contributed by atoms with Crippen LogP contribution in [0, 0.1) is 11.8 Å². The van der Waals surface area contributed by atoms with Gasteiger partial charge in [-0.2, -0.15) is 8.42 Å². The van der Waals surface area contributed by atoms with Crippen LogP contribution in [-0.2, 0) is 31.1 Å². The van der Waals surface area contributed by atoms with Gasteiger partial charge >= 0.3 is 5.97 Å². The standard InChI is InChI=1S/C18H28N2O7S/c1-11(2)8-14(19)16(21)13(9-15(20)18(23)28(24,25)26)17(22)27-10-12-6-4-3-5-7-12/h3-7,11,13-15,18,23H,8-10,19-20H2,1-2H3,(H,24,25,26)/t13?,14-,15?,18?/m1/s1. The first-order valence-corrected chi connectivity index (χ1v) is 10.3. The van der Waals surface area contributed by atoms with Crippen molar-refractivity contribution in [2.75, 3.05) is 0 Å². The molecule has 0 aromatic heterocycles. The molecule has 0 saturated carbocycles. The van der Waals surface area contributed by atoms with Gasteiger partial charge in [-0.25, -0.2) is 0 Å². The predicted molar refractivity (Wildman–Crippen MR) is 102 cm³/mol. The van der Waals surface area contributed by atoms with Crippen molar-refractivity contribution in [3.63, 3.8) is 0 Å². The van der Waals surface area contributed by atoms with E-state index in [0.717, 1.165) is 0 Å². The van der Waals surface area contributed by atoms with Gasteiger partial charge in [0.1, 0.15) is 12.5 Å². The fourth-order valence-corrected chi connectivity index (χ4v) is 3.20. The quantitative estimate of drug-likeness (QED) is 0.224. The Morgan fingerprint density at radius 2 is 1.68 bits per heavy atom. The van der Waals surface area contributed by atoms with Crippen molar-refractivity contribution in [2.24, 2.45) is 23.3 Å². The van der Waals surface area contributed by atoms with Gasteiger partial charge in [-0.05, 0) is 24.3 Å². The van der Waals surface area contributed by atoms with Crippen LogP contribution in [0.2, 0.25) is 0 Å². The fraction of sp³-hybridized carbons (Fsp3) is 0.556. The second-order valence-corrected chi connectivity index (χ2v) is 8.60. The van der Waals surface area contributed by atoms with Crippen LogP contribution in [0.1, 0.15) is 32.3 Å². The summed E-state index contributed by atoms with van der Waals surface area (Å²) in [5.74, 6) is -2.98. The number of carbonyl (C=O) groups is 2. The number of ketones is 1. The number of ether oxygens (including phenoxy) is 1. The monoisotopic (exact) mass is 416 g/mol. The maximum atomic E-state index is 12.7. The third kappa shape index (κ3) is 7.64. The van der Waals surface area contributed by atoms with Gasteiger partial charge in [-0.3, -0.25) is 14.1 Å². The molecule has 28 heavy (non-hydrogen) atoms. The average molecular weight is 416 g/mol. The highest BCUT2D eigenvalue weighted by Gasteiger charge is 2.37. The highest BCUT2D eigenvalue weighted by Crippen LogP contribution is 2.18. The highest BCUT2D eigenvalue weighted by atomic mass is 32.2. The van der Waals surface area contributed by atoms with Gasteiger partial charge in [0, 0.05) is 6.04 Å². The number of Topliss-reactive ketones (excluding diaryl/α,β-unsaturated/α-hetero) is 1. The number of hydrogen-bond donors (Lipinski definition) is 4. The number of esters is 1. The predicted octanol–water partition coefficient (Wildman–Crippen LogP) is 0.212. The summed E-state index contributed by atoms with van der Waals surface area (Å²) < 4.78 is 36.3. The summed E-state index contributed by atoms with van der Waals surface area (Å²) in [6.07, 6.45) is -0.239. The summed E-state index contributed by atoms with van der Waals surface area (Å²) >= 11 is 0. The summed E-state index contributed by atoms with van der Waals surface area (Å²) in [4.78, 5) is 25.2. The number of carbonyl (C=O) groups excluding carboxylic acids is 2. The summed E-state index contributed by atoms with van der Waals surface area (Å²) in [6, 6.07) is 6.18. The molecule has 6 N–H and O–H groups in total. The Morgan fingerprint density at radius 3 is 2.18 bits per heavy atom. The minimum atomic E-state index is -4.86. The molecule has 1 aromatic rings. The lowest BCUT2D eigenvalue weighted by Gasteiger charge is -2.24. The Balaban J connectivity index is 2.95. The molecular weight excluding hydrogens is 388 g/mol. The fourth-order valence-electron chi connectivity index (χ4n) is 2.65. The first-order chi connectivity index (χ1) is 12.9. The van der Waals surface area contributed by atoms with Crippen LogP contribution in [0.4, 0.5) is 0 Å². The van der Waals surface area contributed by atoms with Crippen LogP contribution < -0.4 is 11.5 Å². The third-order valence-electron chi connectivity index (χ3n) is 4.12. The van der Waals surface area contributed by atoms with E-state index in [2.05, 4.69) is 0 Å². The van der Waals surface area contributed by atoms with Crippen molar-refractivity contribution in [3.05, 3.63) is 35.9 Å². The summed E-state index contributed by atoms with van der Waals surface area (Å²) in [5, 5.41) is 9.60. The Labute approximate surface area is 164 Å². The number of rotatable bonds is 11.